The average molecular weight is 467 g/mol. The number of aromatic nitrogens is 4. The number of halogens is 3. The van der Waals surface area contributed by atoms with Crippen LogP contribution < -0.4 is 10.7 Å². The van der Waals surface area contributed by atoms with Gasteiger partial charge in [0.05, 0.1) is 17.6 Å². The first-order chi connectivity index (χ1) is 16.2. The van der Waals surface area contributed by atoms with Crippen LogP contribution in [0.4, 0.5) is 13.2 Å². The van der Waals surface area contributed by atoms with Gasteiger partial charge >= 0.3 is 6.18 Å². The van der Waals surface area contributed by atoms with Crippen molar-refractivity contribution in [3.05, 3.63) is 112 Å². The van der Waals surface area contributed by atoms with Gasteiger partial charge < -0.3 is 9.88 Å². The third kappa shape index (κ3) is 5.22. The zero-order chi connectivity index (χ0) is 24.3. The summed E-state index contributed by atoms with van der Waals surface area (Å²) >= 11 is 0. The first-order valence-corrected chi connectivity index (χ1v) is 10.3. The molecule has 0 radical (unpaired) electrons. The molecular weight excluding hydrogens is 447 g/mol. The molecule has 10 heteroatoms. The lowest BCUT2D eigenvalue weighted by molar-refractivity contribution is -0.137. The van der Waals surface area contributed by atoms with E-state index in [0.717, 1.165) is 27.9 Å². The molecule has 1 N–H and O–H groups in total. The van der Waals surface area contributed by atoms with Crippen molar-refractivity contribution < 1.29 is 18.0 Å². The average Bonchev–Trinajstić information content (AvgIpc) is 3.30. The van der Waals surface area contributed by atoms with Crippen LogP contribution in [0.5, 0.6) is 0 Å². The van der Waals surface area contributed by atoms with Gasteiger partial charge in [0.2, 0.25) is 5.43 Å². The molecule has 4 aromatic rings. The molecule has 0 aliphatic carbocycles. The molecule has 174 valence electrons. The Hall–Kier alpha value is -4.21. The molecule has 0 bridgehead atoms. The Labute approximate surface area is 192 Å². The molecule has 2 aromatic carbocycles. The van der Waals surface area contributed by atoms with E-state index < -0.39 is 28.8 Å². The van der Waals surface area contributed by atoms with Crippen molar-refractivity contribution in [3.8, 4) is 5.69 Å². The van der Waals surface area contributed by atoms with Gasteiger partial charge in [-0.3, -0.25) is 9.59 Å². The van der Waals surface area contributed by atoms with E-state index in [-0.39, 0.29) is 12.2 Å². The summed E-state index contributed by atoms with van der Waals surface area (Å²) in [5, 5.41) is 6.72. The maximum absolute atomic E-state index is 13.1. The highest BCUT2D eigenvalue weighted by atomic mass is 19.4. The second kappa shape index (κ2) is 9.34. The van der Waals surface area contributed by atoms with E-state index in [4.69, 9.17) is 0 Å². The monoisotopic (exact) mass is 467 g/mol. The fourth-order valence-electron chi connectivity index (χ4n) is 3.48. The lowest BCUT2D eigenvalue weighted by Crippen LogP contribution is -2.31. The molecule has 0 fully saturated rings. The molecule has 0 unspecified atom stereocenters. The minimum absolute atomic E-state index is 0.0913. The fourth-order valence-corrected chi connectivity index (χ4v) is 3.48. The number of hydrogen-bond acceptors (Lipinski definition) is 4. The third-order valence-electron chi connectivity index (χ3n) is 5.11. The minimum atomic E-state index is -4.53. The predicted molar refractivity (Wildman–Crippen MR) is 119 cm³/mol. The molecular formula is C24H20F3N5O2. The van der Waals surface area contributed by atoms with Crippen molar-refractivity contribution in [2.75, 3.05) is 0 Å². The number of rotatable bonds is 6. The molecule has 34 heavy (non-hydrogen) atoms. The van der Waals surface area contributed by atoms with Crippen LogP contribution >= 0.6 is 0 Å². The highest BCUT2D eigenvalue weighted by molar-refractivity contribution is 5.92. The normalized spacial score (nSPS) is 11.4. The number of benzene rings is 2. The molecule has 0 saturated heterocycles. The summed E-state index contributed by atoms with van der Waals surface area (Å²) in [6.45, 7) is 2.29. The molecule has 0 saturated carbocycles. The van der Waals surface area contributed by atoms with Crippen LogP contribution in [0.25, 0.3) is 5.69 Å². The molecule has 1 amide bonds. The highest BCUT2D eigenvalue weighted by Gasteiger charge is 2.30. The van der Waals surface area contributed by atoms with Gasteiger partial charge in [-0.1, -0.05) is 30.3 Å². The van der Waals surface area contributed by atoms with Crippen LogP contribution in [0.15, 0.2) is 78.1 Å². The van der Waals surface area contributed by atoms with Gasteiger partial charge in [-0.2, -0.15) is 18.3 Å². The van der Waals surface area contributed by atoms with E-state index in [2.05, 4.69) is 15.4 Å². The van der Waals surface area contributed by atoms with Gasteiger partial charge in [-0.25, -0.2) is 9.67 Å². The van der Waals surface area contributed by atoms with Crippen LogP contribution in [-0.4, -0.2) is 25.2 Å². The number of hydrogen-bond donors (Lipinski definition) is 1. The Morgan fingerprint density at radius 3 is 2.56 bits per heavy atom. The van der Waals surface area contributed by atoms with E-state index >= 15 is 0 Å². The number of amides is 1. The number of nitrogens with zero attached hydrogens (tertiary/aromatic N) is 4. The molecule has 0 aliphatic heterocycles. The Bertz CT molecular complexity index is 1380. The smallest absolute Gasteiger partial charge is 0.346 e. The summed E-state index contributed by atoms with van der Waals surface area (Å²) in [6, 6.07) is 13.3. The second-order valence-electron chi connectivity index (χ2n) is 7.70. The number of carbonyl (C=O) groups is 1. The maximum Gasteiger partial charge on any atom is 0.416 e. The van der Waals surface area contributed by atoms with E-state index in [1.807, 2.05) is 35.0 Å². The van der Waals surface area contributed by atoms with E-state index in [1.165, 1.54) is 25.1 Å². The van der Waals surface area contributed by atoms with Crippen molar-refractivity contribution in [1.29, 1.82) is 0 Å². The van der Waals surface area contributed by atoms with Crippen molar-refractivity contribution >= 4 is 5.91 Å². The number of carbonyl (C=O) groups excluding carboxylic acids is 1. The van der Waals surface area contributed by atoms with Gasteiger partial charge in [0, 0.05) is 37.2 Å². The van der Waals surface area contributed by atoms with Crippen molar-refractivity contribution in [2.24, 2.45) is 0 Å². The van der Waals surface area contributed by atoms with Crippen LogP contribution in [0.2, 0.25) is 0 Å². The van der Waals surface area contributed by atoms with E-state index in [1.54, 1.807) is 12.5 Å². The quantitative estimate of drug-likeness (QED) is 0.469. The van der Waals surface area contributed by atoms with Gasteiger partial charge in [0.25, 0.3) is 5.91 Å². The number of aryl methyl sites for hydroxylation is 1. The lowest BCUT2D eigenvalue weighted by atomic mass is 10.1. The van der Waals surface area contributed by atoms with Crippen molar-refractivity contribution in [3.63, 3.8) is 0 Å². The van der Waals surface area contributed by atoms with Crippen LogP contribution in [0.3, 0.4) is 0 Å². The number of nitrogens with one attached hydrogen (secondary N) is 1. The topological polar surface area (TPSA) is 81.8 Å². The third-order valence-corrected chi connectivity index (χ3v) is 5.11. The number of alkyl halides is 3. The molecule has 0 atom stereocenters. The lowest BCUT2D eigenvalue weighted by Gasteiger charge is -2.14. The van der Waals surface area contributed by atoms with Crippen molar-refractivity contribution in [2.45, 2.75) is 26.2 Å². The van der Waals surface area contributed by atoms with Crippen LogP contribution in [0.1, 0.15) is 32.9 Å². The largest absolute Gasteiger partial charge is 0.416 e. The zero-order valence-corrected chi connectivity index (χ0v) is 18.1. The first-order valence-electron chi connectivity index (χ1n) is 10.3. The standard InChI is InChI=1S/C24H20F3N5O2/c1-16-10-21(33)22(30-32(16)20-7-3-6-19(12-20)24(25,26)27)23(34)29-13-17-4-2-5-18(11-17)14-31-9-8-28-15-31/h2-12,15H,13-14H2,1H3,(H,29,34). The molecule has 2 aromatic heterocycles. The molecule has 0 aliphatic rings. The van der Waals surface area contributed by atoms with Gasteiger partial charge in [-0.15, -0.1) is 0 Å². The Balaban J connectivity index is 1.54. The highest BCUT2D eigenvalue weighted by Crippen LogP contribution is 2.30. The first kappa shape index (κ1) is 23.0. The van der Waals surface area contributed by atoms with Crippen molar-refractivity contribution in [1.82, 2.24) is 24.6 Å². The number of imidazole rings is 1. The van der Waals surface area contributed by atoms with Gasteiger partial charge in [0.15, 0.2) is 5.69 Å². The van der Waals surface area contributed by atoms with Crippen LogP contribution in [0, 0.1) is 6.92 Å². The summed E-state index contributed by atoms with van der Waals surface area (Å²) in [5.74, 6) is -0.717. The van der Waals surface area contributed by atoms with E-state index in [9.17, 15) is 22.8 Å². The van der Waals surface area contributed by atoms with Gasteiger partial charge in [0.1, 0.15) is 0 Å². The Kier molecular flexibility index (Phi) is 6.31. The predicted octanol–water partition coefficient (Wildman–Crippen LogP) is 3.73. The summed E-state index contributed by atoms with van der Waals surface area (Å²) < 4.78 is 42.4. The second-order valence-corrected chi connectivity index (χ2v) is 7.70. The van der Waals surface area contributed by atoms with Crippen LogP contribution in [-0.2, 0) is 19.3 Å². The van der Waals surface area contributed by atoms with Gasteiger partial charge in [-0.05, 0) is 36.2 Å². The maximum atomic E-state index is 13.1. The Morgan fingerprint density at radius 2 is 1.82 bits per heavy atom. The SMILES string of the molecule is Cc1cc(=O)c(C(=O)NCc2cccc(Cn3ccnc3)c2)nn1-c1cccc(C(F)(F)F)c1. The summed E-state index contributed by atoms with van der Waals surface area (Å²) in [7, 11) is 0. The fraction of sp³-hybridized carbons (Fsp3) is 0.167. The summed E-state index contributed by atoms with van der Waals surface area (Å²) in [5.41, 5.74) is 0.333. The Morgan fingerprint density at radius 1 is 1.06 bits per heavy atom. The zero-order valence-electron chi connectivity index (χ0n) is 18.1. The molecule has 0 spiro atoms. The minimum Gasteiger partial charge on any atom is -0.346 e. The molecule has 7 nitrogen and oxygen atoms in total. The molecule has 4 rings (SSSR count). The summed E-state index contributed by atoms with van der Waals surface area (Å²) in [6.07, 6.45) is 0.695. The summed E-state index contributed by atoms with van der Waals surface area (Å²) in [4.78, 5) is 29.1. The molecule has 2 heterocycles. The van der Waals surface area contributed by atoms with E-state index in [0.29, 0.717) is 12.2 Å².